The van der Waals surface area contributed by atoms with Crippen molar-refractivity contribution in [1.82, 2.24) is 10.2 Å². The Labute approximate surface area is 120 Å². The maximum atomic E-state index is 12.0. The molecule has 118 valence electrons. The third-order valence-corrected chi connectivity index (χ3v) is 2.42. The molecule has 1 atom stereocenters. The molecule has 20 heavy (non-hydrogen) atoms. The lowest BCUT2D eigenvalue weighted by atomic mass is 10.2. The van der Waals surface area contributed by atoms with Crippen LogP contribution in [0, 0.1) is 0 Å². The molecular weight excluding hydrogens is 264 g/mol. The monoisotopic (exact) mass is 290 g/mol. The summed E-state index contributed by atoms with van der Waals surface area (Å²) in [5.74, 6) is -0.925. The first-order valence-corrected chi connectivity index (χ1v) is 6.60. The number of aliphatic carboxylic acids is 1. The zero-order valence-corrected chi connectivity index (χ0v) is 12.9. The average molecular weight is 290 g/mol. The van der Waals surface area contributed by atoms with E-state index in [0.29, 0.717) is 26.2 Å². The quantitative estimate of drug-likeness (QED) is 0.691. The molecule has 0 heterocycles. The molecule has 2 N–H and O–H groups in total. The summed E-state index contributed by atoms with van der Waals surface area (Å²) in [5, 5.41) is 11.6. The van der Waals surface area contributed by atoms with E-state index in [9.17, 15) is 9.59 Å². The first-order chi connectivity index (χ1) is 9.17. The minimum absolute atomic E-state index is 0.357. The van der Waals surface area contributed by atoms with E-state index >= 15 is 0 Å². The van der Waals surface area contributed by atoms with E-state index < -0.39 is 23.7 Å². The molecule has 0 fully saturated rings. The first-order valence-electron chi connectivity index (χ1n) is 6.60. The Hall–Kier alpha value is -1.34. The summed E-state index contributed by atoms with van der Waals surface area (Å²) in [7, 11) is 1.55. The van der Waals surface area contributed by atoms with Crippen molar-refractivity contribution >= 4 is 12.1 Å². The van der Waals surface area contributed by atoms with Crippen LogP contribution in [0.4, 0.5) is 4.79 Å². The highest BCUT2D eigenvalue weighted by atomic mass is 16.6. The minimum Gasteiger partial charge on any atom is -0.480 e. The number of carboxylic acids is 1. The fourth-order valence-corrected chi connectivity index (χ4v) is 1.33. The molecule has 0 radical (unpaired) electrons. The summed E-state index contributed by atoms with van der Waals surface area (Å²) in [6.07, 6.45) is -0.431. The van der Waals surface area contributed by atoms with Gasteiger partial charge in [0, 0.05) is 26.7 Å². The number of hydrogen-bond donors (Lipinski definition) is 2. The molecule has 1 unspecified atom stereocenters. The Morgan fingerprint density at radius 3 is 2.35 bits per heavy atom. The number of nitrogens with zero attached hydrogens (tertiary/aromatic N) is 1. The topological polar surface area (TPSA) is 88.1 Å². The molecule has 7 nitrogen and oxygen atoms in total. The van der Waals surface area contributed by atoms with Crippen molar-refractivity contribution in [2.75, 3.05) is 33.4 Å². The molecule has 0 aliphatic rings. The van der Waals surface area contributed by atoms with Crippen LogP contribution in [0.1, 0.15) is 27.7 Å². The van der Waals surface area contributed by atoms with Crippen molar-refractivity contribution in [3.63, 3.8) is 0 Å². The third-order valence-electron chi connectivity index (χ3n) is 2.42. The number of carbonyl (C=O) groups is 2. The molecule has 0 aromatic carbocycles. The van der Waals surface area contributed by atoms with E-state index in [1.165, 1.54) is 4.90 Å². The summed E-state index contributed by atoms with van der Waals surface area (Å²) in [4.78, 5) is 24.2. The summed E-state index contributed by atoms with van der Waals surface area (Å²) < 4.78 is 10.2. The summed E-state index contributed by atoms with van der Waals surface area (Å²) in [6.45, 7) is 8.46. The van der Waals surface area contributed by atoms with E-state index in [1.807, 2.05) is 0 Å². The zero-order chi connectivity index (χ0) is 15.8. The van der Waals surface area contributed by atoms with Crippen LogP contribution in [-0.2, 0) is 14.3 Å². The van der Waals surface area contributed by atoms with Crippen LogP contribution < -0.4 is 5.32 Å². The Morgan fingerprint density at radius 2 is 1.90 bits per heavy atom. The molecule has 1 amide bonds. The van der Waals surface area contributed by atoms with Crippen LogP contribution in [-0.4, -0.2) is 67.1 Å². The highest BCUT2D eigenvalue weighted by Gasteiger charge is 2.22. The molecule has 0 bridgehead atoms. The van der Waals surface area contributed by atoms with Gasteiger partial charge in [-0.3, -0.25) is 4.79 Å². The first kappa shape index (κ1) is 18.7. The van der Waals surface area contributed by atoms with Crippen LogP contribution in [0.15, 0.2) is 0 Å². The smallest absolute Gasteiger partial charge is 0.410 e. The molecule has 7 heteroatoms. The third kappa shape index (κ3) is 8.71. The van der Waals surface area contributed by atoms with Crippen LogP contribution in [0.25, 0.3) is 0 Å². The van der Waals surface area contributed by atoms with Gasteiger partial charge in [0.2, 0.25) is 0 Å². The standard InChI is InChI=1S/C13H26N2O5/c1-10(11(16)17)14-6-7-15(8-9-19-5)12(18)20-13(2,3)4/h10,14H,6-9H2,1-5H3,(H,16,17). The molecule has 0 aromatic heterocycles. The van der Waals surface area contributed by atoms with E-state index in [1.54, 1.807) is 34.8 Å². The van der Waals surface area contributed by atoms with Gasteiger partial charge in [-0.15, -0.1) is 0 Å². The highest BCUT2D eigenvalue weighted by molar-refractivity contribution is 5.72. The Bertz CT molecular complexity index is 314. The number of methoxy groups -OCH3 is 1. The van der Waals surface area contributed by atoms with Gasteiger partial charge in [0.15, 0.2) is 0 Å². The Balaban J connectivity index is 4.34. The molecule has 0 saturated heterocycles. The second-order valence-corrected chi connectivity index (χ2v) is 5.47. The van der Waals surface area contributed by atoms with Crippen molar-refractivity contribution in [3.05, 3.63) is 0 Å². The fraction of sp³-hybridized carbons (Fsp3) is 0.846. The summed E-state index contributed by atoms with van der Waals surface area (Å²) in [6, 6.07) is -0.655. The van der Waals surface area contributed by atoms with Crippen molar-refractivity contribution in [2.24, 2.45) is 0 Å². The zero-order valence-electron chi connectivity index (χ0n) is 12.9. The van der Waals surface area contributed by atoms with E-state index in [-0.39, 0.29) is 0 Å². The number of ether oxygens (including phenoxy) is 2. The number of carbonyl (C=O) groups excluding carboxylic acids is 1. The van der Waals surface area contributed by atoms with Gasteiger partial charge in [0.25, 0.3) is 0 Å². The van der Waals surface area contributed by atoms with Gasteiger partial charge in [-0.05, 0) is 27.7 Å². The maximum Gasteiger partial charge on any atom is 0.410 e. The predicted molar refractivity (Wildman–Crippen MR) is 74.8 cm³/mol. The van der Waals surface area contributed by atoms with Crippen LogP contribution >= 0.6 is 0 Å². The maximum absolute atomic E-state index is 12.0. The van der Waals surface area contributed by atoms with Crippen molar-refractivity contribution < 1.29 is 24.2 Å². The van der Waals surface area contributed by atoms with Crippen LogP contribution in [0.2, 0.25) is 0 Å². The Kier molecular flexibility index (Phi) is 8.17. The van der Waals surface area contributed by atoms with Gasteiger partial charge < -0.3 is 24.8 Å². The number of nitrogens with one attached hydrogen (secondary N) is 1. The van der Waals surface area contributed by atoms with E-state index in [2.05, 4.69) is 5.32 Å². The van der Waals surface area contributed by atoms with Crippen LogP contribution in [0.3, 0.4) is 0 Å². The molecule has 0 saturated carbocycles. The van der Waals surface area contributed by atoms with Gasteiger partial charge in [-0.25, -0.2) is 4.79 Å². The average Bonchev–Trinajstić information content (AvgIpc) is 2.30. The van der Waals surface area contributed by atoms with Gasteiger partial charge in [-0.1, -0.05) is 0 Å². The van der Waals surface area contributed by atoms with Gasteiger partial charge in [0.05, 0.1) is 6.61 Å². The lowest BCUT2D eigenvalue weighted by Crippen LogP contribution is -2.44. The fourth-order valence-electron chi connectivity index (χ4n) is 1.33. The van der Waals surface area contributed by atoms with Crippen molar-refractivity contribution in [3.8, 4) is 0 Å². The minimum atomic E-state index is -0.925. The van der Waals surface area contributed by atoms with Crippen molar-refractivity contribution in [2.45, 2.75) is 39.3 Å². The number of amides is 1. The lowest BCUT2D eigenvalue weighted by molar-refractivity contribution is -0.138. The summed E-state index contributed by atoms with van der Waals surface area (Å²) >= 11 is 0. The second-order valence-electron chi connectivity index (χ2n) is 5.47. The highest BCUT2D eigenvalue weighted by Crippen LogP contribution is 2.09. The molecule has 0 aliphatic carbocycles. The van der Waals surface area contributed by atoms with Crippen LogP contribution in [0.5, 0.6) is 0 Å². The van der Waals surface area contributed by atoms with Gasteiger partial charge in [0.1, 0.15) is 11.6 Å². The molecule has 0 aromatic rings. The number of hydrogen-bond acceptors (Lipinski definition) is 5. The molecule has 0 spiro atoms. The number of carboxylic acid groups (broad SMARTS) is 1. The van der Waals surface area contributed by atoms with E-state index in [0.717, 1.165) is 0 Å². The van der Waals surface area contributed by atoms with Crippen molar-refractivity contribution in [1.29, 1.82) is 0 Å². The Morgan fingerprint density at radius 1 is 1.30 bits per heavy atom. The second kappa shape index (κ2) is 8.76. The van der Waals surface area contributed by atoms with Gasteiger partial charge >= 0.3 is 12.1 Å². The summed E-state index contributed by atoms with van der Waals surface area (Å²) in [5.41, 5.74) is -0.565. The largest absolute Gasteiger partial charge is 0.480 e. The number of rotatable bonds is 8. The van der Waals surface area contributed by atoms with E-state index in [4.69, 9.17) is 14.6 Å². The molecule has 0 rings (SSSR count). The SMILES string of the molecule is COCCN(CCNC(C)C(=O)O)C(=O)OC(C)(C)C. The molecule has 0 aliphatic heterocycles. The normalized spacial score (nSPS) is 12.8. The van der Waals surface area contributed by atoms with Gasteiger partial charge in [-0.2, -0.15) is 0 Å². The predicted octanol–water partition coefficient (Wildman–Crippen LogP) is 0.933. The lowest BCUT2D eigenvalue weighted by Gasteiger charge is -2.27. The molecular formula is C13H26N2O5.